The Hall–Kier alpha value is -3.06. The number of carbonyl (C=O) groups is 3. The van der Waals surface area contributed by atoms with Crippen molar-refractivity contribution in [3.05, 3.63) is 53.6 Å². The molecular weight excluding hydrogens is 346 g/mol. The van der Waals surface area contributed by atoms with Crippen molar-refractivity contribution >= 4 is 40.7 Å². The fraction of sp³-hybridized carbons (Fsp3) is 0.118. The minimum Gasteiger partial charge on any atom is -0.497 e. The van der Waals surface area contributed by atoms with Crippen molar-refractivity contribution in [1.82, 2.24) is 5.32 Å². The Morgan fingerprint density at radius 3 is 2.48 bits per heavy atom. The SMILES string of the molecule is COc1cccc(NC(=O)C(=O)NCC(=O)Nc2ccccc2Cl)c1. The number of para-hydroxylation sites is 1. The Kier molecular flexibility index (Phi) is 6.36. The van der Waals surface area contributed by atoms with Crippen LogP contribution in [0.2, 0.25) is 5.02 Å². The molecule has 0 spiro atoms. The van der Waals surface area contributed by atoms with E-state index in [4.69, 9.17) is 16.3 Å². The van der Waals surface area contributed by atoms with Gasteiger partial charge in [0.1, 0.15) is 5.75 Å². The molecule has 0 fully saturated rings. The molecule has 25 heavy (non-hydrogen) atoms. The Morgan fingerprint density at radius 2 is 1.76 bits per heavy atom. The average molecular weight is 362 g/mol. The van der Waals surface area contributed by atoms with E-state index in [-0.39, 0.29) is 6.54 Å². The van der Waals surface area contributed by atoms with Crippen molar-refractivity contribution in [2.75, 3.05) is 24.3 Å². The van der Waals surface area contributed by atoms with Crippen LogP contribution >= 0.6 is 11.6 Å². The fourth-order valence-corrected chi connectivity index (χ4v) is 2.07. The van der Waals surface area contributed by atoms with Crippen LogP contribution < -0.4 is 20.7 Å². The van der Waals surface area contributed by atoms with E-state index in [2.05, 4.69) is 16.0 Å². The standard InChI is InChI=1S/C17H16ClN3O4/c1-25-12-6-4-5-11(9-12)20-17(24)16(23)19-10-15(22)21-14-8-3-2-7-13(14)18/h2-9H,10H2,1H3,(H,19,23)(H,20,24)(H,21,22). The Labute approximate surface area is 149 Å². The first kappa shape index (κ1) is 18.3. The lowest BCUT2D eigenvalue weighted by Gasteiger charge is -2.09. The van der Waals surface area contributed by atoms with E-state index in [1.807, 2.05) is 0 Å². The van der Waals surface area contributed by atoms with Gasteiger partial charge in [0.05, 0.1) is 24.4 Å². The predicted octanol–water partition coefficient (Wildman–Crippen LogP) is 2.04. The number of halogens is 1. The normalized spacial score (nSPS) is 9.84. The van der Waals surface area contributed by atoms with Crippen molar-refractivity contribution in [2.45, 2.75) is 0 Å². The van der Waals surface area contributed by atoms with Gasteiger partial charge >= 0.3 is 11.8 Å². The number of rotatable bonds is 5. The topological polar surface area (TPSA) is 96.5 Å². The van der Waals surface area contributed by atoms with Gasteiger partial charge in [-0.3, -0.25) is 14.4 Å². The van der Waals surface area contributed by atoms with Crippen molar-refractivity contribution in [1.29, 1.82) is 0 Å². The highest BCUT2D eigenvalue weighted by Gasteiger charge is 2.15. The molecular formula is C17H16ClN3O4. The van der Waals surface area contributed by atoms with Crippen LogP contribution in [0.1, 0.15) is 0 Å². The lowest BCUT2D eigenvalue weighted by atomic mass is 10.3. The van der Waals surface area contributed by atoms with Gasteiger partial charge in [-0.15, -0.1) is 0 Å². The second-order valence-corrected chi connectivity index (χ2v) is 5.30. The summed E-state index contributed by atoms with van der Waals surface area (Å²) in [6.07, 6.45) is 0. The minimum atomic E-state index is -0.933. The summed E-state index contributed by atoms with van der Waals surface area (Å²) in [6, 6.07) is 13.2. The lowest BCUT2D eigenvalue weighted by molar-refractivity contribution is -0.136. The molecule has 0 radical (unpaired) electrons. The number of methoxy groups -OCH3 is 1. The number of hydrogen-bond acceptors (Lipinski definition) is 4. The summed E-state index contributed by atoms with van der Waals surface area (Å²) >= 11 is 5.92. The summed E-state index contributed by atoms with van der Waals surface area (Å²) in [5.74, 6) is -1.79. The van der Waals surface area contributed by atoms with Crippen molar-refractivity contribution in [3.63, 3.8) is 0 Å². The van der Waals surface area contributed by atoms with Crippen molar-refractivity contribution in [2.24, 2.45) is 0 Å². The second kappa shape index (κ2) is 8.70. The summed E-state index contributed by atoms with van der Waals surface area (Å²) < 4.78 is 5.03. The molecule has 8 heteroatoms. The van der Waals surface area contributed by atoms with E-state index < -0.39 is 17.7 Å². The average Bonchev–Trinajstić information content (AvgIpc) is 2.61. The molecule has 0 aliphatic carbocycles. The van der Waals surface area contributed by atoms with Gasteiger partial charge in [0.25, 0.3) is 0 Å². The van der Waals surface area contributed by atoms with Gasteiger partial charge in [0.15, 0.2) is 0 Å². The molecule has 2 rings (SSSR count). The highest BCUT2D eigenvalue weighted by atomic mass is 35.5. The maximum absolute atomic E-state index is 11.8. The van der Waals surface area contributed by atoms with Gasteiger partial charge < -0.3 is 20.7 Å². The zero-order valence-electron chi connectivity index (χ0n) is 13.3. The molecule has 2 aromatic rings. The number of hydrogen-bond donors (Lipinski definition) is 3. The van der Waals surface area contributed by atoms with E-state index in [0.717, 1.165) is 0 Å². The van der Waals surface area contributed by atoms with Crippen LogP contribution in [0.25, 0.3) is 0 Å². The molecule has 0 aliphatic heterocycles. The first-order valence-electron chi connectivity index (χ1n) is 7.27. The molecule has 3 amide bonds. The highest BCUT2D eigenvalue weighted by molar-refractivity contribution is 6.40. The molecule has 0 saturated carbocycles. The summed E-state index contributed by atoms with van der Waals surface area (Å²) in [5.41, 5.74) is 0.823. The Balaban J connectivity index is 1.83. The van der Waals surface area contributed by atoms with Gasteiger partial charge in [0.2, 0.25) is 5.91 Å². The number of carbonyl (C=O) groups excluding carboxylic acids is 3. The first-order chi connectivity index (χ1) is 12.0. The largest absolute Gasteiger partial charge is 0.497 e. The number of amides is 3. The van der Waals surface area contributed by atoms with Crippen LogP contribution in [0.15, 0.2) is 48.5 Å². The Bertz CT molecular complexity index is 795. The third-order valence-electron chi connectivity index (χ3n) is 3.09. The zero-order valence-corrected chi connectivity index (χ0v) is 14.1. The van der Waals surface area contributed by atoms with E-state index in [0.29, 0.717) is 22.1 Å². The first-order valence-corrected chi connectivity index (χ1v) is 7.65. The minimum absolute atomic E-state index is 0.365. The van der Waals surface area contributed by atoms with Gasteiger partial charge in [-0.2, -0.15) is 0 Å². The maximum Gasteiger partial charge on any atom is 0.313 e. The predicted molar refractivity (Wildman–Crippen MR) is 94.7 cm³/mol. The highest BCUT2D eigenvalue weighted by Crippen LogP contribution is 2.20. The molecule has 0 unspecified atom stereocenters. The van der Waals surface area contributed by atoms with Crippen molar-refractivity contribution in [3.8, 4) is 5.75 Å². The smallest absolute Gasteiger partial charge is 0.313 e. The van der Waals surface area contributed by atoms with E-state index in [1.165, 1.54) is 7.11 Å². The number of ether oxygens (including phenoxy) is 1. The van der Waals surface area contributed by atoms with Gasteiger partial charge in [-0.05, 0) is 24.3 Å². The molecule has 7 nitrogen and oxygen atoms in total. The molecule has 3 N–H and O–H groups in total. The summed E-state index contributed by atoms with van der Waals surface area (Å²) in [6.45, 7) is -0.365. The number of anilines is 2. The van der Waals surface area contributed by atoms with Crippen LogP contribution in [0, 0.1) is 0 Å². The molecule has 0 heterocycles. The van der Waals surface area contributed by atoms with E-state index in [9.17, 15) is 14.4 Å². The molecule has 0 aromatic heterocycles. The monoisotopic (exact) mass is 361 g/mol. The third kappa shape index (κ3) is 5.50. The molecule has 0 aliphatic rings. The molecule has 0 bridgehead atoms. The quantitative estimate of drug-likeness (QED) is 0.710. The summed E-state index contributed by atoms with van der Waals surface area (Å²) in [5, 5.41) is 7.56. The van der Waals surface area contributed by atoms with E-state index in [1.54, 1.807) is 48.5 Å². The van der Waals surface area contributed by atoms with Crippen LogP contribution in [0.3, 0.4) is 0 Å². The van der Waals surface area contributed by atoms with Crippen LogP contribution in [0.4, 0.5) is 11.4 Å². The van der Waals surface area contributed by atoms with Gasteiger partial charge in [-0.25, -0.2) is 0 Å². The Morgan fingerprint density at radius 1 is 1.00 bits per heavy atom. The molecule has 0 saturated heterocycles. The fourth-order valence-electron chi connectivity index (χ4n) is 1.89. The molecule has 2 aromatic carbocycles. The number of benzene rings is 2. The van der Waals surface area contributed by atoms with Crippen molar-refractivity contribution < 1.29 is 19.1 Å². The zero-order chi connectivity index (χ0) is 18.2. The van der Waals surface area contributed by atoms with Crippen LogP contribution in [-0.4, -0.2) is 31.4 Å². The number of nitrogens with one attached hydrogen (secondary N) is 3. The molecule has 0 atom stereocenters. The second-order valence-electron chi connectivity index (χ2n) is 4.90. The van der Waals surface area contributed by atoms with Gasteiger partial charge in [-0.1, -0.05) is 29.8 Å². The van der Waals surface area contributed by atoms with Crippen LogP contribution in [0.5, 0.6) is 5.75 Å². The summed E-state index contributed by atoms with van der Waals surface area (Å²) in [4.78, 5) is 35.4. The van der Waals surface area contributed by atoms with Gasteiger partial charge in [0, 0.05) is 11.8 Å². The van der Waals surface area contributed by atoms with E-state index >= 15 is 0 Å². The lowest BCUT2D eigenvalue weighted by Crippen LogP contribution is -2.39. The van der Waals surface area contributed by atoms with Crippen LogP contribution in [-0.2, 0) is 14.4 Å². The molecule has 130 valence electrons. The summed E-state index contributed by atoms with van der Waals surface area (Å²) in [7, 11) is 1.49. The third-order valence-corrected chi connectivity index (χ3v) is 3.42. The maximum atomic E-state index is 11.8.